The van der Waals surface area contributed by atoms with Gasteiger partial charge in [-0.25, -0.2) is 4.39 Å². The SMILES string of the molecule is CC(CCC(=O)Nc1cccc2cccnc12)Sc1ccc(F)cc1. The Kier molecular flexibility index (Phi) is 5.66. The molecule has 1 atom stereocenters. The molecule has 0 aliphatic carbocycles. The normalized spacial score (nSPS) is 12.1. The van der Waals surface area contributed by atoms with Gasteiger partial charge in [0.05, 0.1) is 11.2 Å². The Morgan fingerprint density at radius 1 is 1.16 bits per heavy atom. The molecule has 3 nitrogen and oxygen atoms in total. The van der Waals surface area contributed by atoms with Gasteiger partial charge in [-0.15, -0.1) is 11.8 Å². The molecule has 3 aromatic rings. The van der Waals surface area contributed by atoms with Crippen LogP contribution in [0, 0.1) is 5.82 Å². The summed E-state index contributed by atoms with van der Waals surface area (Å²) in [6.07, 6.45) is 2.89. The van der Waals surface area contributed by atoms with Gasteiger partial charge in [0.15, 0.2) is 0 Å². The number of aromatic nitrogens is 1. The van der Waals surface area contributed by atoms with Gasteiger partial charge in [0.25, 0.3) is 0 Å². The van der Waals surface area contributed by atoms with Gasteiger partial charge in [0.2, 0.25) is 5.91 Å². The lowest BCUT2D eigenvalue weighted by Gasteiger charge is -2.12. The van der Waals surface area contributed by atoms with Gasteiger partial charge < -0.3 is 5.32 Å². The Bertz CT molecular complexity index is 862. The average molecular weight is 354 g/mol. The van der Waals surface area contributed by atoms with Crippen LogP contribution in [0.5, 0.6) is 0 Å². The van der Waals surface area contributed by atoms with Gasteiger partial charge >= 0.3 is 0 Å². The van der Waals surface area contributed by atoms with Crippen LogP contribution in [0.15, 0.2) is 65.7 Å². The van der Waals surface area contributed by atoms with Crippen molar-refractivity contribution >= 4 is 34.3 Å². The van der Waals surface area contributed by atoms with Crippen molar-refractivity contribution in [2.24, 2.45) is 0 Å². The van der Waals surface area contributed by atoms with Crippen LogP contribution in [-0.2, 0) is 4.79 Å². The summed E-state index contributed by atoms with van der Waals surface area (Å²) in [4.78, 5) is 17.6. The van der Waals surface area contributed by atoms with E-state index in [0.29, 0.717) is 6.42 Å². The average Bonchev–Trinajstić information content (AvgIpc) is 2.62. The third-order valence-corrected chi connectivity index (χ3v) is 5.02. The number of rotatable bonds is 6. The summed E-state index contributed by atoms with van der Waals surface area (Å²) in [6.45, 7) is 2.07. The van der Waals surface area contributed by atoms with Crippen molar-refractivity contribution in [3.8, 4) is 0 Å². The van der Waals surface area contributed by atoms with Crippen LogP contribution in [0.25, 0.3) is 10.9 Å². The minimum Gasteiger partial charge on any atom is -0.324 e. The van der Waals surface area contributed by atoms with Crippen molar-refractivity contribution < 1.29 is 9.18 Å². The zero-order valence-corrected chi connectivity index (χ0v) is 14.7. The highest BCUT2D eigenvalue weighted by Crippen LogP contribution is 2.26. The molecular formula is C20H19FN2OS. The van der Waals surface area contributed by atoms with E-state index in [2.05, 4.69) is 17.2 Å². The minimum atomic E-state index is -0.236. The van der Waals surface area contributed by atoms with Gasteiger partial charge in [0, 0.05) is 28.1 Å². The van der Waals surface area contributed by atoms with Crippen molar-refractivity contribution in [2.45, 2.75) is 29.9 Å². The molecule has 0 fully saturated rings. The lowest BCUT2D eigenvalue weighted by molar-refractivity contribution is -0.116. The smallest absolute Gasteiger partial charge is 0.224 e. The number of benzene rings is 2. The second-order valence-corrected chi connectivity index (χ2v) is 7.36. The Morgan fingerprint density at radius 2 is 1.92 bits per heavy atom. The Labute approximate surface area is 150 Å². The summed E-state index contributed by atoms with van der Waals surface area (Å²) in [6, 6.07) is 16.0. The molecule has 25 heavy (non-hydrogen) atoms. The number of hydrogen-bond acceptors (Lipinski definition) is 3. The highest BCUT2D eigenvalue weighted by molar-refractivity contribution is 7.99. The molecule has 1 N–H and O–H groups in total. The first-order valence-electron chi connectivity index (χ1n) is 8.17. The van der Waals surface area contributed by atoms with E-state index in [1.807, 2.05) is 30.3 Å². The fourth-order valence-corrected chi connectivity index (χ4v) is 3.55. The number of anilines is 1. The fourth-order valence-electron chi connectivity index (χ4n) is 2.56. The van der Waals surface area contributed by atoms with Crippen LogP contribution in [0.4, 0.5) is 10.1 Å². The van der Waals surface area contributed by atoms with E-state index in [0.717, 1.165) is 27.9 Å². The number of carbonyl (C=O) groups excluding carboxylic acids is 1. The van der Waals surface area contributed by atoms with Gasteiger partial charge in [-0.1, -0.05) is 25.1 Å². The second kappa shape index (κ2) is 8.12. The van der Waals surface area contributed by atoms with Gasteiger partial charge in [-0.05, 0) is 42.8 Å². The summed E-state index contributed by atoms with van der Waals surface area (Å²) >= 11 is 1.64. The zero-order valence-electron chi connectivity index (χ0n) is 13.9. The molecule has 0 aliphatic rings. The number of carbonyl (C=O) groups is 1. The molecule has 0 spiro atoms. The highest BCUT2D eigenvalue weighted by atomic mass is 32.2. The number of pyridine rings is 1. The van der Waals surface area contributed by atoms with Crippen LogP contribution >= 0.6 is 11.8 Å². The molecule has 1 unspecified atom stereocenters. The summed E-state index contributed by atoms with van der Waals surface area (Å²) in [5, 5.41) is 4.22. The summed E-state index contributed by atoms with van der Waals surface area (Å²) < 4.78 is 12.9. The second-order valence-electron chi connectivity index (χ2n) is 5.85. The molecule has 1 heterocycles. The third-order valence-electron chi connectivity index (χ3n) is 3.84. The molecule has 5 heteroatoms. The lowest BCUT2D eigenvalue weighted by Crippen LogP contribution is -2.13. The van der Waals surface area contributed by atoms with Crippen molar-refractivity contribution in [3.63, 3.8) is 0 Å². The van der Waals surface area contributed by atoms with Crippen molar-refractivity contribution in [1.29, 1.82) is 0 Å². The fraction of sp³-hybridized carbons (Fsp3) is 0.200. The molecule has 128 valence electrons. The monoisotopic (exact) mass is 354 g/mol. The van der Waals surface area contributed by atoms with Crippen LogP contribution in [0.1, 0.15) is 19.8 Å². The van der Waals surface area contributed by atoms with Crippen molar-refractivity contribution in [1.82, 2.24) is 4.98 Å². The Morgan fingerprint density at radius 3 is 2.72 bits per heavy atom. The van der Waals surface area contributed by atoms with E-state index in [4.69, 9.17) is 0 Å². The number of nitrogens with zero attached hydrogens (tertiary/aromatic N) is 1. The maximum atomic E-state index is 12.9. The largest absolute Gasteiger partial charge is 0.324 e. The van der Waals surface area contributed by atoms with E-state index in [-0.39, 0.29) is 17.0 Å². The van der Waals surface area contributed by atoms with Crippen LogP contribution < -0.4 is 5.32 Å². The molecule has 0 saturated carbocycles. The number of fused-ring (bicyclic) bond motifs is 1. The Hall–Kier alpha value is -2.40. The number of amides is 1. The maximum Gasteiger partial charge on any atom is 0.224 e. The lowest BCUT2D eigenvalue weighted by atomic mass is 10.2. The van der Waals surface area contributed by atoms with E-state index in [9.17, 15) is 9.18 Å². The van der Waals surface area contributed by atoms with E-state index in [1.165, 1.54) is 12.1 Å². The van der Waals surface area contributed by atoms with E-state index < -0.39 is 0 Å². The zero-order chi connectivity index (χ0) is 17.6. The third kappa shape index (κ3) is 4.79. The Balaban J connectivity index is 1.54. The summed E-state index contributed by atoms with van der Waals surface area (Å²) in [7, 11) is 0. The first-order chi connectivity index (χ1) is 12.1. The van der Waals surface area contributed by atoms with Crippen LogP contribution in [0.2, 0.25) is 0 Å². The predicted octanol–water partition coefficient (Wildman–Crippen LogP) is 5.27. The predicted molar refractivity (Wildman–Crippen MR) is 101 cm³/mol. The van der Waals surface area contributed by atoms with Gasteiger partial charge in [-0.2, -0.15) is 0 Å². The standard InChI is InChI=1S/C20H19FN2OS/c1-14(25-17-10-8-16(21)9-11-17)7-12-19(24)23-18-6-2-4-15-5-3-13-22-20(15)18/h2-6,8-11,13-14H,7,12H2,1H3,(H,23,24). The number of thioether (sulfide) groups is 1. The number of para-hydroxylation sites is 1. The quantitative estimate of drug-likeness (QED) is 0.613. The first kappa shape index (κ1) is 17.4. The molecule has 1 aromatic heterocycles. The molecule has 0 saturated heterocycles. The van der Waals surface area contributed by atoms with Crippen LogP contribution in [0.3, 0.4) is 0 Å². The van der Waals surface area contributed by atoms with Crippen LogP contribution in [-0.4, -0.2) is 16.1 Å². The molecule has 3 rings (SSSR count). The minimum absolute atomic E-state index is 0.0234. The van der Waals surface area contributed by atoms with Crippen molar-refractivity contribution in [3.05, 3.63) is 66.6 Å². The van der Waals surface area contributed by atoms with E-state index in [1.54, 1.807) is 30.1 Å². The molecule has 1 amide bonds. The molecule has 0 aliphatic heterocycles. The topological polar surface area (TPSA) is 42.0 Å². The number of nitrogens with one attached hydrogen (secondary N) is 1. The number of hydrogen-bond donors (Lipinski definition) is 1. The van der Waals surface area contributed by atoms with Crippen molar-refractivity contribution in [2.75, 3.05) is 5.32 Å². The highest BCUT2D eigenvalue weighted by Gasteiger charge is 2.10. The molecular weight excluding hydrogens is 335 g/mol. The van der Waals surface area contributed by atoms with E-state index >= 15 is 0 Å². The van der Waals surface area contributed by atoms with Gasteiger partial charge in [0.1, 0.15) is 5.82 Å². The first-order valence-corrected chi connectivity index (χ1v) is 9.05. The summed E-state index contributed by atoms with van der Waals surface area (Å²) in [5.41, 5.74) is 1.54. The number of halogens is 1. The molecule has 0 bridgehead atoms. The molecule has 2 aromatic carbocycles. The van der Waals surface area contributed by atoms with Gasteiger partial charge in [-0.3, -0.25) is 9.78 Å². The maximum absolute atomic E-state index is 12.9. The summed E-state index contributed by atoms with van der Waals surface area (Å²) in [5.74, 6) is -0.259. The molecule has 0 radical (unpaired) electrons.